The molecule has 5 amide bonds. The number of hydrogen-bond acceptors (Lipinski definition) is 12. The standard InChI is InChI=1S/C35H46N2O12/c1-6-7-12-21(2)20-30(43)45-18-11-10-13-25-31(46-25)33-34(49-35(44)36-23(4)38)32-26(47-32)17-16-22(3)19-28(41)37(24(5)39)27(40)14-8-9-15-29(42)48-33/h8-10,13-15,19,21,25-26,31-34H,6-7,11-12,16-18,20H2,1-5H3,(H,36,38,44)/b13-10+,14-8+,15-9-,22-19-. The summed E-state index contributed by atoms with van der Waals surface area (Å²) >= 11 is 0. The van der Waals surface area contributed by atoms with E-state index < -0.39 is 72.3 Å². The number of unbranched alkanes of at least 4 members (excludes halogenated alkanes) is 1. The molecule has 3 rings (SSSR count). The fourth-order valence-corrected chi connectivity index (χ4v) is 5.30. The van der Waals surface area contributed by atoms with Gasteiger partial charge >= 0.3 is 18.0 Å². The molecule has 3 aliphatic heterocycles. The van der Waals surface area contributed by atoms with Crippen molar-refractivity contribution < 1.29 is 57.2 Å². The van der Waals surface area contributed by atoms with Gasteiger partial charge in [0.25, 0.3) is 11.8 Å². The largest absolute Gasteiger partial charge is 0.465 e. The normalized spacial score (nSPS) is 29.0. The Morgan fingerprint density at radius 1 is 1.04 bits per heavy atom. The van der Waals surface area contributed by atoms with E-state index in [1.54, 1.807) is 19.1 Å². The van der Waals surface area contributed by atoms with Crippen molar-refractivity contribution in [2.24, 2.45) is 5.92 Å². The number of carbonyl (C=O) groups excluding carboxylic acids is 7. The highest BCUT2D eigenvalue weighted by Crippen LogP contribution is 2.39. The maximum Gasteiger partial charge on any atom is 0.414 e. The minimum absolute atomic E-state index is 0.185. The molecule has 268 valence electrons. The predicted molar refractivity (Wildman–Crippen MR) is 173 cm³/mol. The van der Waals surface area contributed by atoms with Gasteiger partial charge in [-0.05, 0) is 32.1 Å². The second kappa shape index (κ2) is 18.9. The lowest BCUT2D eigenvalue weighted by Gasteiger charge is -2.24. The number of nitrogens with one attached hydrogen (secondary N) is 1. The van der Waals surface area contributed by atoms with E-state index in [2.05, 4.69) is 6.92 Å². The van der Waals surface area contributed by atoms with Crippen LogP contribution in [0.15, 0.2) is 48.1 Å². The molecule has 2 fully saturated rings. The molecule has 0 aromatic rings. The number of nitrogens with zero attached hydrogens (tertiary/aromatic N) is 1. The van der Waals surface area contributed by atoms with Gasteiger partial charge in [-0.15, -0.1) is 0 Å². The average molecular weight is 687 g/mol. The second-order valence-corrected chi connectivity index (χ2v) is 12.3. The number of ether oxygens (including phenoxy) is 5. The summed E-state index contributed by atoms with van der Waals surface area (Å²) in [7, 11) is 0. The molecule has 0 saturated carbocycles. The quantitative estimate of drug-likeness (QED) is 0.0833. The zero-order valence-corrected chi connectivity index (χ0v) is 28.6. The maximum atomic E-state index is 12.9. The molecule has 14 nitrogen and oxygen atoms in total. The number of allylic oxidation sites excluding steroid dienone is 3. The van der Waals surface area contributed by atoms with Crippen molar-refractivity contribution in [3.05, 3.63) is 48.1 Å². The lowest BCUT2D eigenvalue weighted by molar-refractivity contribution is -0.152. The number of alkyl carbamates (subject to hydrolysis) is 1. The SMILES string of the molecule is CCCCC(C)CC(=O)OCC/C=C/C1OC1C1OC(=O)/C=C\C=C\C(=O)N(C(C)=O)C(=O)/C=C(/C)CCC2OC2C1OC(=O)NC(C)=O. The van der Waals surface area contributed by atoms with Gasteiger partial charge in [0, 0.05) is 38.5 Å². The van der Waals surface area contributed by atoms with Gasteiger partial charge in [0.15, 0.2) is 12.2 Å². The smallest absolute Gasteiger partial charge is 0.414 e. The van der Waals surface area contributed by atoms with Crippen molar-refractivity contribution in [2.75, 3.05) is 6.61 Å². The van der Waals surface area contributed by atoms with Crippen LogP contribution in [0.4, 0.5) is 4.79 Å². The highest BCUT2D eigenvalue weighted by Gasteiger charge is 2.58. The van der Waals surface area contributed by atoms with E-state index in [9.17, 15) is 33.6 Å². The van der Waals surface area contributed by atoms with Gasteiger partial charge in [0.2, 0.25) is 11.8 Å². The Bertz CT molecular complexity index is 1380. The first kappa shape index (κ1) is 39.0. The summed E-state index contributed by atoms with van der Waals surface area (Å²) in [5, 5.41) is 2.04. The second-order valence-electron chi connectivity index (χ2n) is 12.3. The number of rotatable bonds is 11. The third kappa shape index (κ3) is 13.2. The van der Waals surface area contributed by atoms with Crippen molar-refractivity contribution in [3.63, 3.8) is 0 Å². The number of carbonyl (C=O) groups is 7. The fourth-order valence-electron chi connectivity index (χ4n) is 5.30. The monoisotopic (exact) mass is 686 g/mol. The minimum atomic E-state index is -1.19. The van der Waals surface area contributed by atoms with Crippen LogP contribution in [-0.4, -0.2) is 89.8 Å². The first-order chi connectivity index (χ1) is 23.3. The predicted octanol–water partition coefficient (Wildman–Crippen LogP) is 3.53. The van der Waals surface area contributed by atoms with Crippen molar-refractivity contribution >= 4 is 41.7 Å². The number of epoxide rings is 2. The van der Waals surface area contributed by atoms with Gasteiger partial charge in [-0.1, -0.05) is 63.0 Å². The molecule has 0 aliphatic carbocycles. The lowest BCUT2D eigenvalue weighted by Crippen LogP contribution is -2.46. The number of imide groups is 4. The first-order valence-corrected chi connectivity index (χ1v) is 16.5. The lowest BCUT2D eigenvalue weighted by atomic mass is 10.00. The van der Waals surface area contributed by atoms with E-state index in [-0.39, 0.29) is 18.5 Å². The molecule has 0 aromatic carbocycles. The molecule has 3 heterocycles. The number of hydrogen-bond donors (Lipinski definition) is 1. The Morgan fingerprint density at radius 3 is 2.47 bits per heavy atom. The summed E-state index contributed by atoms with van der Waals surface area (Å²) in [6.07, 6.45) is 7.61. The van der Waals surface area contributed by atoms with E-state index >= 15 is 0 Å². The van der Waals surface area contributed by atoms with Gasteiger partial charge in [-0.2, -0.15) is 0 Å². The zero-order valence-electron chi connectivity index (χ0n) is 28.6. The summed E-state index contributed by atoms with van der Waals surface area (Å²) in [6.45, 7) is 8.19. The Kier molecular flexibility index (Phi) is 15.1. The van der Waals surface area contributed by atoms with Crippen molar-refractivity contribution in [1.82, 2.24) is 10.2 Å². The van der Waals surface area contributed by atoms with E-state index in [0.29, 0.717) is 36.2 Å². The fraction of sp³-hybridized carbons (Fsp3) is 0.571. The van der Waals surface area contributed by atoms with Crippen LogP contribution in [-0.2, 0) is 52.5 Å². The molecule has 0 spiro atoms. The van der Waals surface area contributed by atoms with Crippen LogP contribution in [0.3, 0.4) is 0 Å². The highest BCUT2D eigenvalue weighted by molar-refractivity contribution is 6.16. The molecule has 1 N–H and O–H groups in total. The molecule has 49 heavy (non-hydrogen) atoms. The third-order valence-electron chi connectivity index (χ3n) is 7.90. The van der Waals surface area contributed by atoms with E-state index in [4.69, 9.17) is 23.7 Å². The molecule has 7 unspecified atom stereocenters. The summed E-state index contributed by atoms with van der Waals surface area (Å²) in [4.78, 5) is 87.0. The molecule has 7 atom stereocenters. The van der Waals surface area contributed by atoms with Gasteiger partial charge < -0.3 is 23.7 Å². The van der Waals surface area contributed by atoms with E-state index in [1.807, 2.05) is 12.2 Å². The third-order valence-corrected chi connectivity index (χ3v) is 7.90. The van der Waals surface area contributed by atoms with Gasteiger partial charge in [-0.25, -0.2) is 14.5 Å². The van der Waals surface area contributed by atoms with Crippen LogP contribution >= 0.6 is 0 Å². The van der Waals surface area contributed by atoms with Crippen LogP contribution in [0.1, 0.15) is 79.6 Å². The topological polar surface area (TPSA) is 188 Å². The molecule has 2 saturated heterocycles. The minimum Gasteiger partial charge on any atom is -0.465 e. The van der Waals surface area contributed by atoms with Crippen LogP contribution < -0.4 is 5.32 Å². The van der Waals surface area contributed by atoms with Crippen LogP contribution in [0.5, 0.6) is 0 Å². The number of fused-ring (bicyclic) bond motifs is 1. The number of cyclic esters (lactones) is 1. The van der Waals surface area contributed by atoms with E-state index in [0.717, 1.165) is 45.3 Å². The summed E-state index contributed by atoms with van der Waals surface area (Å²) < 4.78 is 28.3. The zero-order chi connectivity index (χ0) is 36.1. The summed E-state index contributed by atoms with van der Waals surface area (Å²) in [5.74, 6) is -4.03. The van der Waals surface area contributed by atoms with Gasteiger partial charge in [-0.3, -0.25) is 29.3 Å². The van der Waals surface area contributed by atoms with Crippen LogP contribution in [0, 0.1) is 5.92 Å². The Balaban J connectivity index is 1.76. The molecular formula is C35H46N2O12. The van der Waals surface area contributed by atoms with Crippen molar-refractivity contribution in [1.29, 1.82) is 0 Å². The van der Waals surface area contributed by atoms with Crippen molar-refractivity contribution in [2.45, 2.75) is 116 Å². The molecule has 14 heteroatoms. The maximum absolute atomic E-state index is 12.9. The average Bonchev–Trinajstić information content (AvgIpc) is 3.94. The number of esters is 2. The molecule has 0 aromatic heterocycles. The number of amides is 5. The molecule has 3 aliphatic rings. The Morgan fingerprint density at radius 2 is 1.78 bits per heavy atom. The van der Waals surface area contributed by atoms with Crippen molar-refractivity contribution in [3.8, 4) is 0 Å². The van der Waals surface area contributed by atoms with Crippen LogP contribution in [0.25, 0.3) is 0 Å². The highest BCUT2D eigenvalue weighted by atomic mass is 16.7. The molecule has 0 radical (unpaired) electrons. The van der Waals surface area contributed by atoms with E-state index in [1.165, 1.54) is 18.2 Å². The van der Waals surface area contributed by atoms with Crippen LogP contribution in [0.2, 0.25) is 0 Å². The Labute approximate surface area is 285 Å². The molecule has 0 bridgehead atoms. The first-order valence-electron chi connectivity index (χ1n) is 16.5. The van der Waals surface area contributed by atoms with Gasteiger partial charge in [0.05, 0.1) is 12.7 Å². The Hall–Kier alpha value is -4.43. The van der Waals surface area contributed by atoms with Gasteiger partial charge in [0.1, 0.15) is 18.3 Å². The summed E-state index contributed by atoms with van der Waals surface area (Å²) in [5.41, 5.74) is 0.564. The summed E-state index contributed by atoms with van der Waals surface area (Å²) in [6, 6.07) is 0. The molecular weight excluding hydrogens is 640 g/mol.